The highest BCUT2D eigenvalue weighted by Crippen LogP contribution is 2.39. The Morgan fingerprint density at radius 2 is 2.00 bits per heavy atom. The van der Waals surface area contributed by atoms with Gasteiger partial charge in [0.25, 0.3) is 5.91 Å². The fourth-order valence-corrected chi connectivity index (χ4v) is 4.22. The van der Waals surface area contributed by atoms with Crippen LogP contribution in [0.5, 0.6) is 0 Å². The van der Waals surface area contributed by atoms with Crippen LogP contribution in [0.15, 0.2) is 12.3 Å². The van der Waals surface area contributed by atoms with E-state index in [-0.39, 0.29) is 18.3 Å². The van der Waals surface area contributed by atoms with Crippen molar-refractivity contribution < 1.29 is 4.79 Å². The summed E-state index contributed by atoms with van der Waals surface area (Å²) in [5.41, 5.74) is 6.78. The van der Waals surface area contributed by atoms with Gasteiger partial charge in [0.15, 0.2) is 0 Å². The Morgan fingerprint density at radius 3 is 2.55 bits per heavy atom. The SMILES string of the molecule is Cl.NC1CC2CCCC(C1)C2NC(=O)c1cc(I)c[nH]1. The zero-order chi connectivity index (χ0) is 13.4. The summed E-state index contributed by atoms with van der Waals surface area (Å²) in [6.07, 6.45) is 7.67. The number of halogens is 2. The van der Waals surface area contributed by atoms with Crippen LogP contribution in [-0.2, 0) is 0 Å². The molecule has 4 N–H and O–H groups in total. The molecule has 1 heterocycles. The Labute approximate surface area is 139 Å². The van der Waals surface area contributed by atoms with E-state index in [0.717, 1.165) is 16.4 Å². The second kappa shape index (κ2) is 6.66. The van der Waals surface area contributed by atoms with Crippen molar-refractivity contribution in [2.75, 3.05) is 0 Å². The molecule has 2 saturated carbocycles. The normalized spacial score (nSPS) is 32.3. The van der Waals surface area contributed by atoms with Crippen molar-refractivity contribution in [3.05, 3.63) is 21.5 Å². The maximum absolute atomic E-state index is 12.3. The van der Waals surface area contributed by atoms with Crippen LogP contribution in [0.25, 0.3) is 0 Å². The number of hydrogen-bond donors (Lipinski definition) is 3. The van der Waals surface area contributed by atoms with Gasteiger partial charge in [-0.25, -0.2) is 0 Å². The molecule has 1 aromatic rings. The quantitative estimate of drug-likeness (QED) is 0.657. The molecule has 0 aliphatic heterocycles. The number of fused-ring (bicyclic) bond motifs is 2. The fraction of sp³-hybridized carbons (Fsp3) is 0.643. The summed E-state index contributed by atoms with van der Waals surface area (Å²) >= 11 is 2.21. The molecule has 2 aliphatic rings. The average molecular weight is 410 g/mol. The number of aromatic nitrogens is 1. The zero-order valence-corrected chi connectivity index (χ0v) is 14.2. The van der Waals surface area contributed by atoms with Crippen molar-refractivity contribution in [3.63, 3.8) is 0 Å². The first-order valence-corrected chi connectivity index (χ1v) is 8.11. The molecule has 0 aromatic carbocycles. The van der Waals surface area contributed by atoms with E-state index in [4.69, 9.17) is 5.73 Å². The summed E-state index contributed by atoms with van der Waals surface area (Å²) in [7, 11) is 0. The third-order valence-electron chi connectivity index (χ3n) is 4.57. The molecule has 2 fully saturated rings. The second-order valence-electron chi connectivity index (χ2n) is 5.91. The summed E-state index contributed by atoms with van der Waals surface area (Å²) in [4.78, 5) is 15.3. The number of hydrogen-bond acceptors (Lipinski definition) is 2. The van der Waals surface area contributed by atoms with Crippen molar-refractivity contribution in [2.45, 2.75) is 44.2 Å². The third kappa shape index (κ3) is 3.31. The first kappa shape index (κ1) is 16.1. The van der Waals surface area contributed by atoms with Gasteiger partial charge in [0.2, 0.25) is 0 Å². The minimum absolute atomic E-state index is 0. The number of H-pyrrole nitrogens is 1. The van der Waals surface area contributed by atoms with Crippen molar-refractivity contribution >= 4 is 40.9 Å². The van der Waals surface area contributed by atoms with Gasteiger partial charge >= 0.3 is 0 Å². The van der Waals surface area contributed by atoms with Gasteiger partial charge in [-0.15, -0.1) is 12.4 Å². The first-order chi connectivity index (χ1) is 9.13. The molecule has 0 spiro atoms. The number of nitrogens with two attached hydrogens (primary N) is 1. The lowest BCUT2D eigenvalue weighted by atomic mass is 9.67. The molecule has 0 saturated heterocycles. The van der Waals surface area contributed by atoms with Crippen LogP contribution in [0.1, 0.15) is 42.6 Å². The van der Waals surface area contributed by atoms with E-state index in [2.05, 4.69) is 32.9 Å². The smallest absolute Gasteiger partial charge is 0.267 e. The topological polar surface area (TPSA) is 70.9 Å². The lowest BCUT2D eigenvalue weighted by molar-refractivity contribution is 0.0752. The van der Waals surface area contributed by atoms with Crippen molar-refractivity contribution in [2.24, 2.45) is 17.6 Å². The van der Waals surface area contributed by atoms with Gasteiger partial charge in [-0.3, -0.25) is 4.79 Å². The molecule has 1 aromatic heterocycles. The molecule has 2 bridgehead atoms. The molecular weight excluding hydrogens is 389 g/mol. The van der Waals surface area contributed by atoms with E-state index in [9.17, 15) is 4.79 Å². The number of carbonyl (C=O) groups is 1. The van der Waals surface area contributed by atoms with Crippen LogP contribution in [0.2, 0.25) is 0 Å². The molecule has 2 unspecified atom stereocenters. The Morgan fingerprint density at radius 1 is 1.35 bits per heavy atom. The Balaban J connectivity index is 0.00000147. The Bertz CT molecular complexity index is 465. The summed E-state index contributed by atoms with van der Waals surface area (Å²) in [5, 5.41) is 3.24. The van der Waals surface area contributed by atoms with E-state index in [0.29, 0.717) is 29.6 Å². The van der Waals surface area contributed by atoms with Crippen LogP contribution >= 0.6 is 35.0 Å². The van der Waals surface area contributed by atoms with Crippen molar-refractivity contribution in [1.29, 1.82) is 0 Å². The number of amides is 1. The molecule has 3 rings (SSSR count). The van der Waals surface area contributed by atoms with Gasteiger partial charge in [-0.2, -0.15) is 0 Å². The lowest BCUT2D eigenvalue weighted by Gasteiger charge is -2.45. The van der Waals surface area contributed by atoms with Crippen molar-refractivity contribution in [1.82, 2.24) is 10.3 Å². The van der Waals surface area contributed by atoms with Gasteiger partial charge in [0.05, 0.1) is 0 Å². The predicted octanol–water partition coefficient (Wildman–Crippen LogP) is 2.68. The van der Waals surface area contributed by atoms with Gasteiger partial charge in [0.1, 0.15) is 5.69 Å². The van der Waals surface area contributed by atoms with E-state index in [1.54, 1.807) is 0 Å². The molecule has 2 atom stereocenters. The standard InChI is InChI=1S/C14H20IN3O.ClH/c15-10-6-12(17-7-10)14(19)18-13-8-2-1-3-9(13)5-11(16)4-8;/h6-9,11,13,17H,1-5,16H2,(H,18,19);1H. The Hall–Kier alpha value is -0.270. The molecule has 0 radical (unpaired) electrons. The minimum Gasteiger partial charge on any atom is -0.356 e. The third-order valence-corrected chi connectivity index (χ3v) is 5.19. The largest absolute Gasteiger partial charge is 0.356 e. The van der Waals surface area contributed by atoms with Crippen molar-refractivity contribution in [3.8, 4) is 0 Å². The van der Waals surface area contributed by atoms with Crippen LogP contribution in [-0.4, -0.2) is 23.0 Å². The molecular formula is C14H21ClIN3O. The Kier molecular flexibility index (Phi) is 5.36. The maximum atomic E-state index is 12.3. The number of rotatable bonds is 2. The van der Waals surface area contributed by atoms with Crippen LogP contribution in [0.4, 0.5) is 0 Å². The summed E-state index contributed by atoms with van der Waals surface area (Å²) in [5.74, 6) is 1.17. The first-order valence-electron chi connectivity index (χ1n) is 7.04. The molecule has 20 heavy (non-hydrogen) atoms. The predicted molar refractivity (Wildman–Crippen MR) is 90.1 cm³/mol. The summed E-state index contributed by atoms with van der Waals surface area (Å²) in [6.45, 7) is 0. The number of nitrogens with one attached hydrogen (secondary N) is 2. The molecule has 6 heteroatoms. The summed E-state index contributed by atoms with van der Waals surface area (Å²) in [6, 6.07) is 2.54. The van der Waals surface area contributed by atoms with E-state index >= 15 is 0 Å². The number of aromatic amines is 1. The summed E-state index contributed by atoms with van der Waals surface area (Å²) < 4.78 is 1.06. The molecule has 4 nitrogen and oxygen atoms in total. The monoisotopic (exact) mass is 409 g/mol. The number of carbonyl (C=O) groups excluding carboxylic acids is 1. The van der Waals surface area contributed by atoms with Gasteiger partial charge in [-0.1, -0.05) is 6.42 Å². The van der Waals surface area contributed by atoms with Gasteiger partial charge in [0, 0.05) is 21.9 Å². The van der Waals surface area contributed by atoms with Crippen LogP contribution in [0.3, 0.4) is 0 Å². The minimum atomic E-state index is 0. The highest BCUT2D eigenvalue weighted by atomic mass is 127. The highest BCUT2D eigenvalue weighted by molar-refractivity contribution is 14.1. The van der Waals surface area contributed by atoms with Gasteiger partial charge < -0.3 is 16.0 Å². The van der Waals surface area contributed by atoms with E-state index in [1.807, 2.05) is 12.3 Å². The van der Waals surface area contributed by atoms with Crippen LogP contribution in [0, 0.1) is 15.4 Å². The molecule has 1 amide bonds. The lowest BCUT2D eigenvalue weighted by Crippen LogP contribution is -2.53. The molecule has 112 valence electrons. The fourth-order valence-electron chi connectivity index (χ4n) is 3.75. The maximum Gasteiger partial charge on any atom is 0.267 e. The average Bonchev–Trinajstić information content (AvgIpc) is 2.77. The molecule has 2 aliphatic carbocycles. The zero-order valence-electron chi connectivity index (χ0n) is 11.3. The van der Waals surface area contributed by atoms with Gasteiger partial charge in [-0.05, 0) is 66.2 Å². The van der Waals surface area contributed by atoms with Crippen LogP contribution < -0.4 is 11.1 Å². The van der Waals surface area contributed by atoms with E-state index in [1.165, 1.54) is 19.3 Å². The highest BCUT2D eigenvalue weighted by Gasteiger charge is 2.40. The second-order valence-corrected chi connectivity index (χ2v) is 7.16. The van der Waals surface area contributed by atoms with E-state index < -0.39 is 0 Å².